The zero-order valence-corrected chi connectivity index (χ0v) is 14.3. The standard InChI is InChI=1S/C19H18N4O3/c1-11-6-13(4-5-26-11)23-17(8-18(24)25)22-16-10-21-15-3-2-12(9-20)7-14(15)19(16)23/h2-3,7,10-11,13H,4-6,8H2,1H3,(H,24,25)/t11-,13-/m1/s1. The molecule has 1 aliphatic heterocycles. The molecule has 7 heteroatoms. The molecule has 1 saturated heterocycles. The van der Waals surface area contributed by atoms with Gasteiger partial charge in [0.05, 0.1) is 35.0 Å². The van der Waals surface area contributed by atoms with Crippen molar-refractivity contribution in [2.45, 2.75) is 38.3 Å². The molecule has 3 aromatic rings. The van der Waals surface area contributed by atoms with Crippen LogP contribution in [-0.4, -0.2) is 38.3 Å². The van der Waals surface area contributed by atoms with Crippen molar-refractivity contribution in [2.24, 2.45) is 0 Å². The fourth-order valence-corrected chi connectivity index (χ4v) is 3.76. The van der Waals surface area contributed by atoms with Crippen LogP contribution in [0.2, 0.25) is 0 Å². The largest absolute Gasteiger partial charge is 0.481 e. The third-order valence-corrected chi connectivity index (χ3v) is 4.85. The molecule has 0 spiro atoms. The van der Waals surface area contributed by atoms with E-state index in [-0.39, 0.29) is 18.6 Å². The molecular weight excluding hydrogens is 332 g/mol. The number of nitriles is 1. The molecule has 0 radical (unpaired) electrons. The number of imidazole rings is 1. The van der Waals surface area contributed by atoms with Crippen LogP contribution in [0.15, 0.2) is 24.4 Å². The SMILES string of the molecule is C[C@@H]1C[C@H](n2c(CC(=O)O)nc3cnc4ccc(C#N)cc4c32)CCO1. The van der Waals surface area contributed by atoms with Crippen molar-refractivity contribution in [2.75, 3.05) is 6.61 Å². The summed E-state index contributed by atoms with van der Waals surface area (Å²) in [4.78, 5) is 20.3. The second kappa shape index (κ2) is 6.39. The van der Waals surface area contributed by atoms with Gasteiger partial charge in [-0.15, -0.1) is 0 Å². The summed E-state index contributed by atoms with van der Waals surface area (Å²) in [6, 6.07) is 7.61. The lowest BCUT2D eigenvalue weighted by atomic mass is 10.0. The van der Waals surface area contributed by atoms with Crippen LogP contribution in [0.4, 0.5) is 0 Å². The summed E-state index contributed by atoms with van der Waals surface area (Å²) in [6.07, 6.45) is 3.21. The van der Waals surface area contributed by atoms with Gasteiger partial charge in [0.15, 0.2) is 0 Å². The Balaban J connectivity index is 2.01. The van der Waals surface area contributed by atoms with E-state index in [0.717, 1.165) is 29.3 Å². The van der Waals surface area contributed by atoms with E-state index in [4.69, 9.17) is 4.74 Å². The molecule has 1 N–H and O–H groups in total. The van der Waals surface area contributed by atoms with Gasteiger partial charge in [-0.2, -0.15) is 5.26 Å². The van der Waals surface area contributed by atoms with Gasteiger partial charge in [0.25, 0.3) is 0 Å². The number of carboxylic acid groups (broad SMARTS) is 1. The Hall–Kier alpha value is -2.98. The van der Waals surface area contributed by atoms with E-state index in [9.17, 15) is 15.2 Å². The number of fused-ring (bicyclic) bond motifs is 3. The molecule has 7 nitrogen and oxygen atoms in total. The first-order valence-corrected chi connectivity index (χ1v) is 8.60. The molecule has 3 heterocycles. The maximum atomic E-state index is 11.4. The molecule has 0 saturated carbocycles. The third-order valence-electron chi connectivity index (χ3n) is 4.85. The highest BCUT2D eigenvalue weighted by molar-refractivity contribution is 6.03. The van der Waals surface area contributed by atoms with E-state index in [0.29, 0.717) is 23.5 Å². The lowest BCUT2D eigenvalue weighted by Crippen LogP contribution is -2.27. The summed E-state index contributed by atoms with van der Waals surface area (Å²) in [5, 5.41) is 19.4. The molecule has 26 heavy (non-hydrogen) atoms. The smallest absolute Gasteiger partial charge is 0.311 e. The predicted octanol–water partition coefficient (Wildman–Crippen LogP) is 2.82. The van der Waals surface area contributed by atoms with Gasteiger partial charge < -0.3 is 14.4 Å². The van der Waals surface area contributed by atoms with Crippen molar-refractivity contribution in [3.05, 3.63) is 35.8 Å². The van der Waals surface area contributed by atoms with E-state index in [2.05, 4.69) is 16.0 Å². The molecule has 0 amide bonds. The Bertz CT molecular complexity index is 1050. The van der Waals surface area contributed by atoms with E-state index >= 15 is 0 Å². The molecule has 0 unspecified atom stereocenters. The van der Waals surface area contributed by atoms with E-state index in [1.807, 2.05) is 17.6 Å². The molecular formula is C19H18N4O3. The number of carbonyl (C=O) groups is 1. The van der Waals surface area contributed by atoms with Crippen molar-refractivity contribution >= 4 is 27.9 Å². The Labute approximate surface area is 149 Å². The van der Waals surface area contributed by atoms with Crippen molar-refractivity contribution in [3.8, 4) is 6.07 Å². The van der Waals surface area contributed by atoms with Crippen molar-refractivity contribution in [3.63, 3.8) is 0 Å². The minimum Gasteiger partial charge on any atom is -0.481 e. The quantitative estimate of drug-likeness (QED) is 0.779. The lowest BCUT2D eigenvalue weighted by molar-refractivity contribution is -0.136. The molecule has 2 atom stereocenters. The molecule has 0 bridgehead atoms. The maximum absolute atomic E-state index is 11.4. The molecule has 1 aliphatic rings. The minimum atomic E-state index is -0.920. The summed E-state index contributed by atoms with van der Waals surface area (Å²) in [5.41, 5.74) is 2.81. The number of hydrogen-bond donors (Lipinski definition) is 1. The van der Waals surface area contributed by atoms with Crippen LogP contribution in [0.25, 0.3) is 21.9 Å². The number of nitrogens with zero attached hydrogens (tertiary/aromatic N) is 4. The first-order chi connectivity index (χ1) is 12.6. The number of carboxylic acids is 1. The fourth-order valence-electron chi connectivity index (χ4n) is 3.76. The van der Waals surface area contributed by atoms with Gasteiger partial charge in [0, 0.05) is 18.0 Å². The van der Waals surface area contributed by atoms with Gasteiger partial charge in [0.2, 0.25) is 0 Å². The predicted molar refractivity (Wildman–Crippen MR) is 94.8 cm³/mol. The monoisotopic (exact) mass is 350 g/mol. The summed E-state index contributed by atoms with van der Waals surface area (Å²) in [5.74, 6) is -0.403. The van der Waals surface area contributed by atoms with Gasteiger partial charge in [-0.05, 0) is 38.0 Å². The Morgan fingerprint density at radius 2 is 2.31 bits per heavy atom. The van der Waals surface area contributed by atoms with Crippen LogP contribution in [0, 0.1) is 11.3 Å². The molecule has 1 aromatic carbocycles. The fraction of sp³-hybridized carbons (Fsp3) is 0.368. The zero-order chi connectivity index (χ0) is 18.3. The van der Waals surface area contributed by atoms with Crippen molar-refractivity contribution in [1.82, 2.24) is 14.5 Å². The number of ether oxygens (including phenoxy) is 1. The number of aliphatic carboxylic acids is 1. The van der Waals surface area contributed by atoms with Gasteiger partial charge in [0.1, 0.15) is 17.8 Å². The Kier molecular flexibility index (Phi) is 4.05. The van der Waals surface area contributed by atoms with Crippen LogP contribution >= 0.6 is 0 Å². The topological polar surface area (TPSA) is 101 Å². The van der Waals surface area contributed by atoms with Crippen molar-refractivity contribution < 1.29 is 14.6 Å². The maximum Gasteiger partial charge on any atom is 0.311 e. The van der Waals surface area contributed by atoms with Gasteiger partial charge in [-0.1, -0.05) is 0 Å². The highest BCUT2D eigenvalue weighted by atomic mass is 16.5. The second-order valence-corrected chi connectivity index (χ2v) is 6.66. The number of hydrogen-bond acceptors (Lipinski definition) is 5. The van der Waals surface area contributed by atoms with Crippen LogP contribution in [0.3, 0.4) is 0 Å². The van der Waals surface area contributed by atoms with Crippen LogP contribution < -0.4 is 0 Å². The molecule has 0 aliphatic carbocycles. The Morgan fingerprint density at radius 1 is 1.46 bits per heavy atom. The highest BCUT2D eigenvalue weighted by Crippen LogP contribution is 2.33. The van der Waals surface area contributed by atoms with Crippen LogP contribution in [-0.2, 0) is 16.0 Å². The number of benzene rings is 1. The van der Waals surface area contributed by atoms with Gasteiger partial charge in [-0.3, -0.25) is 9.78 Å². The number of aromatic nitrogens is 3. The Morgan fingerprint density at radius 3 is 3.04 bits per heavy atom. The first kappa shape index (κ1) is 16.5. The first-order valence-electron chi connectivity index (χ1n) is 8.60. The highest BCUT2D eigenvalue weighted by Gasteiger charge is 2.27. The minimum absolute atomic E-state index is 0.103. The summed E-state index contributed by atoms with van der Waals surface area (Å²) in [7, 11) is 0. The summed E-state index contributed by atoms with van der Waals surface area (Å²) >= 11 is 0. The van der Waals surface area contributed by atoms with E-state index in [1.165, 1.54) is 0 Å². The zero-order valence-electron chi connectivity index (χ0n) is 14.3. The number of pyridine rings is 1. The third kappa shape index (κ3) is 2.78. The normalized spacial score (nSPS) is 20.3. The summed E-state index contributed by atoms with van der Waals surface area (Å²) < 4.78 is 7.69. The molecule has 1 fully saturated rings. The van der Waals surface area contributed by atoms with Gasteiger partial charge >= 0.3 is 5.97 Å². The molecule has 4 rings (SSSR count). The number of rotatable bonds is 3. The van der Waals surface area contributed by atoms with E-state index in [1.54, 1.807) is 18.3 Å². The van der Waals surface area contributed by atoms with Crippen molar-refractivity contribution in [1.29, 1.82) is 5.26 Å². The second-order valence-electron chi connectivity index (χ2n) is 6.66. The van der Waals surface area contributed by atoms with Crippen LogP contribution in [0.1, 0.15) is 37.2 Å². The molecule has 132 valence electrons. The van der Waals surface area contributed by atoms with Gasteiger partial charge in [-0.25, -0.2) is 4.98 Å². The molecule has 2 aromatic heterocycles. The average molecular weight is 350 g/mol. The summed E-state index contributed by atoms with van der Waals surface area (Å²) in [6.45, 7) is 2.65. The lowest BCUT2D eigenvalue weighted by Gasteiger charge is -2.30. The average Bonchev–Trinajstić information content (AvgIpc) is 2.98. The van der Waals surface area contributed by atoms with Crippen LogP contribution in [0.5, 0.6) is 0 Å². The van der Waals surface area contributed by atoms with E-state index < -0.39 is 5.97 Å².